The van der Waals surface area contributed by atoms with E-state index in [4.69, 9.17) is 9.47 Å². The quantitative estimate of drug-likeness (QED) is 0.580. The number of nitrogens with zero attached hydrogens (tertiary/aromatic N) is 3. The van der Waals surface area contributed by atoms with Crippen molar-refractivity contribution in [2.45, 2.75) is 46.0 Å². The number of anilines is 1. The molecule has 150 valence electrons. The molecule has 0 unspecified atom stereocenters. The Morgan fingerprint density at radius 1 is 1.11 bits per heavy atom. The first-order valence-corrected chi connectivity index (χ1v) is 12.7. The Bertz CT molecular complexity index is 702. The van der Waals surface area contributed by atoms with Crippen molar-refractivity contribution < 1.29 is 19.1 Å². The minimum absolute atomic E-state index is 0.276. The second-order valence-electron chi connectivity index (χ2n) is 8.79. The molecule has 0 atom stereocenters. The van der Waals surface area contributed by atoms with E-state index in [0.29, 0.717) is 31.7 Å². The van der Waals surface area contributed by atoms with E-state index in [9.17, 15) is 9.59 Å². The van der Waals surface area contributed by atoms with Gasteiger partial charge in [-0.05, 0) is 32.0 Å². The molecular formula is C19H31N3O4Si. The molecule has 1 aliphatic rings. The first-order chi connectivity index (χ1) is 12.4. The number of methoxy groups -OCH3 is 1. The van der Waals surface area contributed by atoms with E-state index in [0.717, 1.165) is 11.0 Å². The van der Waals surface area contributed by atoms with Gasteiger partial charge in [0.05, 0.1) is 20.7 Å². The number of rotatable bonds is 3. The van der Waals surface area contributed by atoms with E-state index in [1.165, 1.54) is 7.11 Å². The van der Waals surface area contributed by atoms with Gasteiger partial charge in [0.25, 0.3) is 0 Å². The maximum Gasteiger partial charge on any atom is 0.410 e. The molecule has 7 nitrogen and oxygen atoms in total. The fourth-order valence-corrected chi connectivity index (χ4v) is 4.40. The zero-order chi connectivity index (χ0) is 20.4. The number of hydrogen-bond donors (Lipinski definition) is 0. The lowest BCUT2D eigenvalue weighted by Crippen LogP contribution is -2.53. The van der Waals surface area contributed by atoms with Gasteiger partial charge in [0.1, 0.15) is 11.4 Å². The van der Waals surface area contributed by atoms with Crippen LogP contribution in [0.15, 0.2) is 12.3 Å². The van der Waals surface area contributed by atoms with E-state index < -0.39 is 13.7 Å². The fraction of sp³-hybridized carbons (Fsp3) is 0.632. The summed E-state index contributed by atoms with van der Waals surface area (Å²) in [5.74, 6) is 0.536. The molecule has 1 fully saturated rings. The van der Waals surface area contributed by atoms with Crippen LogP contribution < -0.4 is 10.1 Å². The summed E-state index contributed by atoms with van der Waals surface area (Å²) in [6.45, 7) is 14.8. The molecule has 0 spiro atoms. The van der Waals surface area contributed by atoms with Gasteiger partial charge in [-0.15, -0.1) is 0 Å². The Morgan fingerprint density at radius 2 is 1.70 bits per heavy atom. The first kappa shape index (κ1) is 21.2. The minimum atomic E-state index is -1.74. The molecule has 1 aromatic heterocycles. The molecule has 1 amide bonds. The molecule has 0 radical (unpaired) electrons. The summed E-state index contributed by atoms with van der Waals surface area (Å²) < 4.78 is 10.3. The zero-order valence-corrected chi connectivity index (χ0v) is 18.5. The summed E-state index contributed by atoms with van der Waals surface area (Å²) >= 11 is 0. The smallest absolute Gasteiger partial charge is 0.410 e. The monoisotopic (exact) mass is 393 g/mol. The SMILES string of the molecule is COC(=O)c1cnc(N2CCN(C(=O)OC(C)(C)C)CC2)c([Si](C)(C)C)c1. The van der Waals surface area contributed by atoms with Crippen LogP contribution >= 0.6 is 0 Å². The minimum Gasteiger partial charge on any atom is -0.465 e. The fourth-order valence-electron chi connectivity index (χ4n) is 2.92. The standard InChI is InChI=1S/C19H31N3O4Si/c1-19(2,3)26-18(24)22-10-8-21(9-11-22)16-15(27(5,6)7)12-14(13-20-16)17(23)25-4/h12-13H,8-11H2,1-7H3. The molecule has 2 heterocycles. The Morgan fingerprint density at radius 3 is 2.19 bits per heavy atom. The van der Waals surface area contributed by atoms with E-state index in [1.54, 1.807) is 11.1 Å². The lowest BCUT2D eigenvalue weighted by atomic mass is 10.2. The maximum absolute atomic E-state index is 12.3. The van der Waals surface area contributed by atoms with Gasteiger partial charge in [-0.3, -0.25) is 0 Å². The van der Waals surface area contributed by atoms with Gasteiger partial charge in [0, 0.05) is 32.4 Å². The Hall–Kier alpha value is -2.09. The summed E-state index contributed by atoms with van der Waals surface area (Å²) in [5, 5.41) is 1.12. The molecule has 1 aliphatic heterocycles. The maximum atomic E-state index is 12.3. The van der Waals surface area contributed by atoms with Gasteiger partial charge >= 0.3 is 12.1 Å². The third kappa shape index (κ3) is 5.44. The van der Waals surface area contributed by atoms with Gasteiger partial charge in [-0.25, -0.2) is 14.6 Å². The molecule has 1 saturated heterocycles. The van der Waals surface area contributed by atoms with Gasteiger partial charge in [0.15, 0.2) is 0 Å². The average molecular weight is 394 g/mol. The molecule has 0 saturated carbocycles. The van der Waals surface area contributed by atoms with E-state index in [-0.39, 0.29) is 12.1 Å². The second kappa shape index (κ2) is 7.88. The van der Waals surface area contributed by atoms with E-state index in [2.05, 4.69) is 29.5 Å². The Kier molecular flexibility index (Phi) is 6.19. The van der Waals surface area contributed by atoms with Gasteiger partial charge in [-0.1, -0.05) is 19.6 Å². The summed E-state index contributed by atoms with van der Waals surface area (Å²) in [6, 6.07) is 1.92. The first-order valence-electron chi connectivity index (χ1n) is 9.24. The number of ether oxygens (including phenoxy) is 2. The number of piperazine rings is 1. The van der Waals surface area contributed by atoms with Crippen molar-refractivity contribution >= 4 is 31.1 Å². The van der Waals surface area contributed by atoms with Crippen LogP contribution in [0.25, 0.3) is 0 Å². The van der Waals surface area contributed by atoms with Crippen molar-refractivity contribution in [3.8, 4) is 0 Å². The van der Waals surface area contributed by atoms with Gasteiger partial charge in [-0.2, -0.15) is 0 Å². The highest BCUT2D eigenvalue weighted by Gasteiger charge is 2.30. The predicted octanol–water partition coefficient (Wildman–Crippen LogP) is 2.47. The van der Waals surface area contributed by atoms with Crippen LogP contribution in [0.3, 0.4) is 0 Å². The predicted molar refractivity (Wildman–Crippen MR) is 109 cm³/mol. The highest BCUT2D eigenvalue weighted by Crippen LogP contribution is 2.19. The van der Waals surface area contributed by atoms with Crippen molar-refractivity contribution in [1.82, 2.24) is 9.88 Å². The number of carbonyl (C=O) groups is 2. The van der Waals surface area contributed by atoms with Crippen molar-refractivity contribution in [2.24, 2.45) is 0 Å². The van der Waals surface area contributed by atoms with Crippen molar-refractivity contribution in [1.29, 1.82) is 0 Å². The van der Waals surface area contributed by atoms with Crippen LogP contribution in [0.4, 0.5) is 10.6 Å². The Balaban J connectivity index is 2.18. The normalized spacial score (nSPS) is 15.5. The summed E-state index contributed by atoms with van der Waals surface area (Å²) in [6.07, 6.45) is 1.30. The molecule has 0 bridgehead atoms. The van der Waals surface area contributed by atoms with Crippen LogP contribution in [0, 0.1) is 0 Å². The number of pyridine rings is 1. The third-order valence-electron chi connectivity index (χ3n) is 4.33. The van der Waals surface area contributed by atoms with Crippen LogP contribution in [-0.2, 0) is 9.47 Å². The lowest BCUT2D eigenvalue weighted by molar-refractivity contribution is 0.0240. The molecule has 8 heteroatoms. The molecular weight excluding hydrogens is 362 g/mol. The highest BCUT2D eigenvalue weighted by atomic mass is 28.3. The lowest BCUT2D eigenvalue weighted by Gasteiger charge is -2.38. The highest BCUT2D eigenvalue weighted by molar-refractivity contribution is 6.89. The number of esters is 1. The summed E-state index contributed by atoms with van der Waals surface area (Å²) in [5.41, 5.74) is -0.0177. The van der Waals surface area contributed by atoms with Crippen LogP contribution in [-0.4, -0.2) is 68.9 Å². The topological polar surface area (TPSA) is 72.0 Å². The molecule has 27 heavy (non-hydrogen) atoms. The number of aromatic nitrogens is 1. The summed E-state index contributed by atoms with van der Waals surface area (Å²) in [7, 11) is -0.364. The summed E-state index contributed by atoms with van der Waals surface area (Å²) in [4.78, 5) is 32.7. The van der Waals surface area contributed by atoms with Crippen LogP contribution in [0.1, 0.15) is 31.1 Å². The zero-order valence-electron chi connectivity index (χ0n) is 17.5. The van der Waals surface area contributed by atoms with Gasteiger partial charge in [0.2, 0.25) is 0 Å². The molecule has 1 aromatic rings. The number of amides is 1. The second-order valence-corrected chi connectivity index (χ2v) is 13.8. The molecule has 0 N–H and O–H groups in total. The van der Waals surface area contributed by atoms with Gasteiger partial charge < -0.3 is 19.3 Å². The van der Waals surface area contributed by atoms with Crippen molar-refractivity contribution in [2.75, 3.05) is 38.2 Å². The largest absolute Gasteiger partial charge is 0.465 e. The number of carbonyl (C=O) groups excluding carboxylic acids is 2. The van der Waals surface area contributed by atoms with Crippen LogP contribution in [0.5, 0.6) is 0 Å². The molecule has 0 aliphatic carbocycles. The molecule has 2 rings (SSSR count). The van der Waals surface area contributed by atoms with E-state index >= 15 is 0 Å². The molecule has 0 aromatic carbocycles. The van der Waals surface area contributed by atoms with Crippen molar-refractivity contribution in [3.63, 3.8) is 0 Å². The number of hydrogen-bond acceptors (Lipinski definition) is 6. The third-order valence-corrected chi connectivity index (χ3v) is 6.31. The van der Waals surface area contributed by atoms with Crippen LogP contribution in [0.2, 0.25) is 19.6 Å². The van der Waals surface area contributed by atoms with Crippen molar-refractivity contribution in [3.05, 3.63) is 17.8 Å². The average Bonchev–Trinajstić information content (AvgIpc) is 2.58. The Labute approximate surface area is 162 Å². The van der Waals surface area contributed by atoms with E-state index in [1.807, 2.05) is 26.8 Å².